The van der Waals surface area contributed by atoms with E-state index < -0.39 is 0 Å². The second kappa shape index (κ2) is 3.98. The van der Waals surface area contributed by atoms with Gasteiger partial charge in [-0.15, -0.1) is 0 Å². The zero-order valence-electron chi connectivity index (χ0n) is 9.26. The van der Waals surface area contributed by atoms with Crippen molar-refractivity contribution in [3.63, 3.8) is 0 Å². The van der Waals surface area contributed by atoms with Gasteiger partial charge in [0.1, 0.15) is 0 Å². The van der Waals surface area contributed by atoms with Crippen LogP contribution in [0.15, 0.2) is 46.4 Å². The molecule has 3 heteroatoms. The van der Waals surface area contributed by atoms with Crippen LogP contribution in [0.2, 0.25) is 0 Å². The Morgan fingerprint density at radius 3 is 2.94 bits per heavy atom. The molecular formula is C13H14N2S. The number of amidine groups is 1. The van der Waals surface area contributed by atoms with Gasteiger partial charge in [0.15, 0.2) is 5.17 Å². The number of aliphatic imine (C=N–C) groups is 1. The first-order valence-electron chi connectivity index (χ1n) is 5.64. The van der Waals surface area contributed by atoms with Gasteiger partial charge in [-0.05, 0) is 17.4 Å². The van der Waals surface area contributed by atoms with Gasteiger partial charge in [-0.1, -0.05) is 49.0 Å². The summed E-state index contributed by atoms with van der Waals surface area (Å²) in [5.74, 6) is 0. The van der Waals surface area contributed by atoms with E-state index in [0.717, 1.165) is 13.0 Å². The number of rotatable bonds is 2. The maximum absolute atomic E-state index is 4.77. The van der Waals surface area contributed by atoms with Crippen molar-refractivity contribution >= 4 is 16.9 Å². The van der Waals surface area contributed by atoms with Crippen LogP contribution in [0, 0.1) is 0 Å². The number of allylic oxidation sites excluding steroid dienone is 1. The summed E-state index contributed by atoms with van der Waals surface area (Å²) in [6.45, 7) is 3.21. The van der Waals surface area contributed by atoms with Crippen LogP contribution >= 0.6 is 11.8 Å². The molecule has 2 aliphatic rings. The third-order valence-electron chi connectivity index (χ3n) is 3.05. The van der Waals surface area contributed by atoms with E-state index in [2.05, 4.69) is 47.6 Å². The minimum Gasteiger partial charge on any atom is -0.322 e. The number of fused-ring (bicyclic) bond motifs is 1. The molecule has 82 valence electrons. The van der Waals surface area contributed by atoms with E-state index >= 15 is 0 Å². The molecular weight excluding hydrogens is 216 g/mol. The molecule has 2 aliphatic heterocycles. The van der Waals surface area contributed by atoms with E-state index in [1.807, 2.05) is 0 Å². The summed E-state index contributed by atoms with van der Waals surface area (Å²) in [4.78, 5) is 7.12. The first-order chi connectivity index (χ1) is 7.88. The molecule has 1 unspecified atom stereocenters. The van der Waals surface area contributed by atoms with Crippen LogP contribution in [0.4, 0.5) is 0 Å². The summed E-state index contributed by atoms with van der Waals surface area (Å²) in [5, 5.41) is 3.39. The fourth-order valence-electron chi connectivity index (χ4n) is 2.14. The lowest BCUT2D eigenvalue weighted by molar-refractivity contribution is 0.507. The average Bonchev–Trinajstić information content (AvgIpc) is 2.89. The predicted octanol–water partition coefficient (Wildman–Crippen LogP) is 3.40. The monoisotopic (exact) mass is 230 g/mol. The average molecular weight is 230 g/mol. The SMILES string of the molecule is CCC1=CSC2=NC(c3ccccc3)CN12. The Hall–Kier alpha value is -1.22. The van der Waals surface area contributed by atoms with Crippen LogP contribution in [0.3, 0.4) is 0 Å². The van der Waals surface area contributed by atoms with Gasteiger partial charge in [-0.2, -0.15) is 0 Å². The van der Waals surface area contributed by atoms with Gasteiger partial charge in [0.25, 0.3) is 0 Å². The molecule has 1 aromatic carbocycles. The standard InChI is InChI=1S/C13H14N2S/c1-2-11-9-16-13-14-12(8-15(11)13)10-6-4-3-5-7-10/h3-7,9,12H,2,8H2,1H3. The Labute approximate surface area is 100 Å². The Kier molecular flexibility index (Phi) is 2.48. The molecule has 0 bridgehead atoms. The minimum atomic E-state index is 0.318. The highest BCUT2D eigenvalue weighted by Gasteiger charge is 2.31. The van der Waals surface area contributed by atoms with Crippen molar-refractivity contribution in [2.45, 2.75) is 19.4 Å². The summed E-state index contributed by atoms with van der Waals surface area (Å²) in [7, 11) is 0. The zero-order valence-corrected chi connectivity index (χ0v) is 10.1. The van der Waals surface area contributed by atoms with Crippen LogP contribution in [0.25, 0.3) is 0 Å². The van der Waals surface area contributed by atoms with Gasteiger partial charge in [-0.25, -0.2) is 0 Å². The molecule has 3 rings (SSSR count). The van der Waals surface area contributed by atoms with Gasteiger partial charge < -0.3 is 4.90 Å². The molecule has 2 heterocycles. The first kappa shape index (κ1) is 9.97. The normalized spacial score (nSPS) is 23.1. The van der Waals surface area contributed by atoms with Gasteiger partial charge >= 0.3 is 0 Å². The number of hydrogen-bond acceptors (Lipinski definition) is 3. The van der Waals surface area contributed by atoms with E-state index in [0.29, 0.717) is 6.04 Å². The lowest BCUT2D eigenvalue weighted by Crippen LogP contribution is -2.21. The van der Waals surface area contributed by atoms with Crippen molar-refractivity contribution in [1.29, 1.82) is 0 Å². The highest BCUT2D eigenvalue weighted by atomic mass is 32.2. The number of nitrogens with zero attached hydrogens (tertiary/aromatic N) is 2. The fraction of sp³-hybridized carbons (Fsp3) is 0.308. The van der Waals surface area contributed by atoms with Gasteiger partial charge in [0.2, 0.25) is 0 Å². The first-order valence-corrected chi connectivity index (χ1v) is 6.52. The quantitative estimate of drug-likeness (QED) is 0.774. The summed E-state index contributed by atoms with van der Waals surface area (Å²) in [6, 6.07) is 10.9. The van der Waals surface area contributed by atoms with Crippen LogP contribution in [0.1, 0.15) is 24.9 Å². The molecule has 16 heavy (non-hydrogen) atoms. The Morgan fingerprint density at radius 1 is 1.38 bits per heavy atom. The van der Waals surface area contributed by atoms with Gasteiger partial charge in [0.05, 0.1) is 12.6 Å². The molecule has 0 radical (unpaired) electrons. The highest BCUT2D eigenvalue weighted by molar-refractivity contribution is 8.16. The molecule has 1 atom stereocenters. The van der Waals surface area contributed by atoms with Crippen molar-refractivity contribution in [3.05, 3.63) is 47.0 Å². The summed E-state index contributed by atoms with van der Waals surface area (Å²) >= 11 is 1.76. The smallest absolute Gasteiger partial charge is 0.168 e. The van der Waals surface area contributed by atoms with E-state index in [1.54, 1.807) is 11.8 Å². The van der Waals surface area contributed by atoms with Gasteiger partial charge in [-0.3, -0.25) is 4.99 Å². The van der Waals surface area contributed by atoms with Crippen molar-refractivity contribution in [3.8, 4) is 0 Å². The lowest BCUT2D eigenvalue weighted by atomic mass is 10.1. The van der Waals surface area contributed by atoms with Crippen LogP contribution in [-0.2, 0) is 0 Å². The maximum Gasteiger partial charge on any atom is 0.168 e. The summed E-state index contributed by atoms with van der Waals surface area (Å²) < 4.78 is 0. The molecule has 1 aromatic rings. The second-order valence-corrected chi connectivity index (χ2v) is 4.87. The van der Waals surface area contributed by atoms with Crippen LogP contribution < -0.4 is 0 Å². The predicted molar refractivity (Wildman–Crippen MR) is 69.3 cm³/mol. The topological polar surface area (TPSA) is 15.6 Å². The molecule has 0 N–H and O–H groups in total. The Morgan fingerprint density at radius 2 is 2.19 bits per heavy atom. The molecule has 0 saturated heterocycles. The van der Waals surface area contributed by atoms with Crippen LogP contribution in [-0.4, -0.2) is 16.6 Å². The minimum absolute atomic E-state index is 0.318. The van der Waals surface area contributed by atoms with E-state index in [-0.39, 0.29) is 0 Å². The molecule has 0 saturated carbocycles. The molecule has 0 amide bonds. The van der Waals surface area contributed by atoms with Crippen molar-refractivity contribution in [1.82, 2.24) is 4.90 Å². The third-order valence-corrected chi connectivity index (χ3v) is 3.97. The third kappa shape index (κ3) is 1.55. The number of benzene rings is 1. The van der Waals surface area contributed by atoms with Crippen molar-refractivity contribution < 1.29 is 0 Å². The van der Waals surface area contributed by atoms with Gasteiger partial charge in [0, 0.05) is 5.70 Å². The molecule has 0 aliphatic carbocycles. The largest absolute Gasteiger partial charge is 0.322 e. The van der Waals surface area contributed by atoms with E-state index in [1.165, 1.54) is 16.4 Å². The van der Waals surface area contributed by atoms with E-state index in [9.17, 15) is 0 Å². The zero-order chi connectivity index (χ0) is 11.0. The second-order valence-electron chi connectivity index (χ2n) is 4.03. The highest BCUT2D eigenvalue weighted by Crippen LogP contribution is 2.37. The maximum atomic E-state index is 4.77. The lowest BCUT2D eigenvalue weighted by Gasteiger charge is -2.16. The number of hydrogen-bond donors (Lipinski definition) is 0. The van der Waals surface area contributed by atoms with E-state index in [4.69, 9.17) is 4.99 Å². The summed E-state index contributed by atoms with van der Waals surface area (Å²) in [6.07, 6.45) is 1.09. The van der Waals surface area contributed by atoms with Crippen LogP contribution in [0.5, 0.6) is 0 Å². The Balaban J connectivity index is 1.83. The van der Waals surface area contributed by atoms with Crippen molar-refractivity contribution in [2.75, 3.05) is 6.54 Å². The molecule has 0 aromatic heterocycles. The number of thioether (sulfide) groups is 1. The molecule has 0 spiro atoms. The molecule has 2 nitrogen and oxygen atoms in total. The van der Waals surface area contributed by atoms with Crippen molar-refractivity contribution in [2.24, 2.45) is 4.99 Å². The Bertz CT molecular complexity index is 450. The molecule has 0 fully saturated rings. The summed E-state index contributed by atoms with van der Waals surface area (Å²) in [5.41, 5.74) is 2.72. The fourth-order valence-corrected chi connectivity index (χ4v) is 3.19.